The van der Waals surface area contributed by atoms with Gasteiger partial charge in [-0.3, -0.25) is 14.6 Å². The van der Waals surface area contributed by atoms with Gasteiger partial charge in [0.2, 0.25) is 11.8 Å². The van der Waals surface area contributed by atoms with Crippen molar-refractivity contribution in [2.45, 2.75) is 26.4 Å². The molecule has 5 rings (SSSR count). The summed E-state index contributed by atoms with van der Waals surface area (Å²) in [6, 6.07) is 17.7. The smallest absolute Gasteiger partial charge is 0.222 e. The summed E-state index contributed by atoms with van der Waals surface area (Å²) in [6.45, 7) is 4.10. The van der Waals surface area contributed by atoms with Gasteiger partial charge in [-0.05, 0) is 66.6 Å². The van der Waals surface area contributed by atoms with Gasteiger partial charge in [0.15, 0.2) is 0 Å². The van der Waals surface area contributed by atoms with Crippen molar-refractivity contribution in [2.75, 3.05) is 11.9 Å². The van der Waals surface area contributed by atoms with Crippen LogP contribution >= 0.6 is 0 Å². The Bertz CT molecular complexity index is 1380. The molecule has 4 aromatic rings. The van der Waals surface area contributed by atoms with Crippen LogP contribution < -0.4 is 15.4 Å². The molecule has 0 saturated carbocycles. The van der Waals surface area contributed by atoms with Crippen molar-refractivity contribution in [1.82, 2.24) is 15.3 Å². The number of benzene rings is 2. The van der Waals surface area contributed by atoms with Gasteiger partial charge in [-0.25, -0.2) is 4.98 Å². The summed E-state index contributed by atoms with van der Waals surface area (Å²) < 4.78 is 6.38. The molecule has 0 radical (unpaired) electrons. The zero-order chi connectivity index (χ0) is 22.9. The second-order valence-electron chi connectivity index (χ2n) is 8.42. The van der Waals surface area contributed by atoms with Crippen molar-refractivity contribution in [3.05, 3.63) is 60.8 Å². The number of rotatable bonds is 5. The highest BCUT2D eigenvalue weighted by molar-refractivity contribution is 5.93. The summed E-state index contributed by atoms with van der Waals surface area (Å²) in [7, 11) is 0. The van der Waals surface area contributed by atoms with Crippen LogP contribution in [0.5, 0.6) is 5.75 Å². The Morgan fingerprint density at radius 2 is 2.00 bits per heavy atom. The molecule has 1 saturated heterocycles. The number of nitrogens with one attached hydrogen (secondary N) is 2. The predicted octanol–water partition coefficient (Wildman–Crippen LogP) is 4.31. The molecule has 0 unspecified atom stereocenters. The minimum atomic E-state index is -0.151. The molecule has 2 aromatic heterocycles. The Morgan fingerprint density at radius 3 is 2.79 bits per heavy atom. The molecule has 1 fully saturated rings. The van der Waals surface area contributed by atoms with E-state index < -0.39 is 0 Å². The first-order valence-electron chi connectivity index (χ1n) is 11.0. The monoisotopic (exact) mass is 440 g/mol. The first-order valence-corrected chi connectivity index (χ1v) is 11.0. The molecule has 3 heterocycles. The Hall–Kier alpha value is -4.00. The van der Waals surface area contributed by atoms with Crippen LogP contribution in [0.1, 0.15) is 20.3 Å². The highest BCUT2D eigenvalue weighted by Crippen LogP contribution is 2.34. The normalized spacial score (nSPS) is 16.5. The number of fused-ring (bicyclic) bond motifs is 2. The summed E-state index contributed by atoms with van der Waals surface area (Å²) >= 11 is 0. The minimum absolute atomic E-state index is 0.0714. The van der Waals surface area contributed by atoms with E-state index in [1.54, 1.807) is 12.3 Å². The van der Waals surface area contributed by atoms with Gasteiger partial charge in [0, 0.05) is 42.8 Å². The lowest BCUT2D eigenvalue weighted by Crippen LogP contribution is -2.25. The fourth-order valence-corrected chi connectivity index (χ4v) is 4.22. The molecular weight excluding hydrogens is 416 g/mol. The van der Waals surface area contributed by atoms with E-state index in [4.69, 9.17) is 4.74 Å². The lowest BCUT2D eigenvalue weighted by Gasteiger charge is -2.21. The summed E-state index contributed by atoms with van der Waals surface area (Å²) in [6.07, 6.45) is 2.14. The maximum Gasteiger partial charge on any atom is 0.222 e. The van der Waals surface area contributed by atoms with Gasteiger partial charge in [-0.2, -0.15) is 0 Å². The lowest BCUT2D eigenvalue weighted by atomic mass is 10.00. The zero-order valence-electron chi connectivity index (χ0n) is 18.5. The Labute approximate surface area is 191 Å². The predicted molar refractivity (Wildman–Crippen MR) is 128 cm³/mol. The summed E-state index contributed by atoms with van der Waals surface area (Å²) in [5.41, 5.74) is 3.64. The number of ether oxygens (including phenoxy) is 1. The second kappa shape index (κ2) is 8.50. The third-order valence-corrected chi connectivity index (χ3v) is 6.00. The van der Waals surface area contributed by atoms with Crippen molar-refractivity contribution < 1.29 is 14.3 Å². The third kappa shape index (κ3) is 4.35. The quantitative estimate of drug-likeness (QED) is 0.482. The summed E-state index contributed by atoms with van der Waals surface area (Å²) in [5.74, 6) is 1.34. The minimum Gasteiger partial charge on any atom is -0.490 e. The molecule has 2 aromatic carbocycles. The zero-order valence-corrected chi connectivity index (χ0v) is 18.5. The molecule has 7 nitrogen and oxygen atoms in total. The van der Waals surface area contributed by atoms with Crippen LogP contribution in [0.25, 0.3) is 32.9 Å². The van der Waals surface area contributed by atoms with Crippen molar-refractivity contribution in [3.63, 3.8) is 0 Å². The molecule has 2 amide bonds. The van der Waals surface area contributed by atoms with Crippen LogP contribution in [0, 0.1) is 5.92 Å². The van der Waals surface area contributed by atoms with Crippen LogP contribution in [0.15, 0.2) is 60.8 Å². The molecule has 0 bridgehead atoms. The number of hydrogen-bond acceptors (Lipinski definition) is 5. The SMILES string of the molecule is CC(=O)Nc1ccc2cc(-c3cc(O[C@H](C)[C@@H]4CNC(=O)C4)c4cccnc4c3)ccc2n1. The van der Waals surface area contributed by atoms with Crippen LogP contribution in [-0.2, 0) is 9.59 Å². The van der Waals surface area contributed by atoms with E-state index in [-0.39, 0.29) is 23.8 Å². The number of pyridine rings is 2. The highest BCUT2D eigenvalue weighted by Gasteiger charge is 2.28. The van der Waals surface area contributed by atoms with Crippen LogP contribution in [0.4, 0.5) is 5.82 Å². The highest BCUT2D eigenvalue weighted by atomic mass is 16.5. The standard InChI is InChI=1S/C26H24N4O3/c1-15(20-13-26(32)28-14-20)33-24-12-19(11-23-21(24)4-3-9-27-23)17-5-7-22-18(10-17)6-8-25(30-22)29-16(2)31/h3-12,15,20H,13-14H2,1-2H3,(H,28,32)(H,29,30,31)/t15-,20+/m1/s1. The van der Waals surface area contributed by atoms with Crippen LogP contribution in [0.3, 0.4) is 0 Å². The molecule has 166 valence electrons. The van der Waals surface area contributed by atoms with Crippen molar-refractivity contribution >= 4 is 39.4 Å². The molecule has 33 heavy (non-hydrogen) atoms. The van der Waals surface area contributed by atoms with E-state index in [0.29, 0.717) is 18.8 Å². The fourth-order valence-electron chi connectivity index (χ4n) is 4.22. The number of aromatic nitrogens is 2. The van der Waals surface area contributed by atoms with Crippen LogP contribution in [-0.4, -0.2) is 34.4 Å². The topological polar surface area (TPSA) is 93.2 Å². The Kier molecular flexibility index (Phi) is 5.38. The van der Waals surface area contributed by atoms with Gasteiger partial charge >= 0.3 is 0 Å². The van der Waals surface area contributed by atoms with E-state index >= 15 is 0 Å². The number of hydrogen-bond donors (Lipinski definition) is 2. The van der Waals surface area contributed by atoms with Gasteiger partial charge in [-0.1, -0.05) is 6.07 Å². The van der Waals surface area contributed by atoms with E-state index in [9.17, 15) is 9.59 Å². The van der Waals surface area contributed by atoms with Gasteiger partial charge in [0.25, 0.3) is 0 Å². The van der Waals surface area contributed by atoms with Gasteiger partial charge in [-0.15, -0.1) is 0 Å². The molecule has 2 N–H and O–H groups in total. The fraction of sp³-hybridized carbons (Fsp3) is 0.231. The maximum absolute atomic E-state index is 11.6. The molecule has 0 aliphatic carbocycles. The van der Waals surface area contributed by atoms with Crippen LogP contribution in [0.2, 0.25) is 0 Å². The van der Waals surface area contributed by atoms with E-state index in [1.165, 1.54) is 6.92 Å². The average molecular weight is 441 g/mol. The molecule has 1 aliphatic heterocycles. The number of carbonyl (C=O) groups is 2. The van der Waals surface area contributed by atoms with E-state index in [1.807, 2.05) is 49.4 Å². The van der Waals surface area contributed by atoms with Crippen molar-refractivity contribution in [2.24, 2.45) is 5.92 Å². The van der Waals surface area contributed by atoms with Gasteiger partial charge in [0.1, 0.15) is 17.7 Å². The summed E-state index contributed by atoms with van der Waals surface area (Å²) in [4.78, 5) is 32.0. The summed E-state index contributed by atoms with van der Waals surface area (Å²) in [5, 5.41) is 7.50. The third-order valence-electron chi connectivity index (χ3n) is 6.00. The average Bonchev–Trinajstić information content (AvgIpc) is 3.24. The second-order valence-corrected chi connectivity index (χ2v) is 8.42. The largest absolute Gasteiger partial charge is 0.490 e. The maximum atomic E-state index is 11.6. The first kappa shape index (κ1) is 20.9. The first-order chi connectivity index (χ1) is 16.0. The van der Waals surface area contributed by atoms with Gasteiger partial charge in [0.05, 0.1) is 11.0 Å². The Morgan fingerprint density at radius 1 is 1.12 bits per heavy atom. The number of nitrogens with zero attached hydrogens (tertiary/aromatic N) is 2. The molecule has 7 heteroatoms. The molecule has 0 spiro atoms. The number of amides is 2. The van der Waals surface area contributed by atoms with Crippen molar-refractivity contribution in [1.29, 1.82) is 0 Å². The molecular formula is C26H24N4O3. The van der Waals surface area contributed by atoms with E-state index in [2.05, 4.69) is 26.7 Å². The molecule has 1 aliphatic rings. The molecule has 2 atom stereocenters. The lowest BCUT2D eigenvalue weighted by molar-refractivity contribution is -0.119. The van der Waals surface area contributed by atoms with Crippen molar-refractivity contribution in [3.8, 4) is 16.9 Å². The van der Waals surface area contributed by atoms with E-state index in [0.717, 1.165) is 38.7 Å². The number of anilines is 1. The number of carbonyl (C=O) groups excluding carboxylic acids is 2. The van der Waals surface area contributed by atoms with Gasteiger partial charge < -0.3 is 15.4 Å². The Balaban J connectivity index is 1.52.